The summed E-state index contributed by atoms with van der Waals surface area (Å²) in [6, 6.07) is 2.16. The predicted octanol–water partition coefficient (Wildman–Crippen LogP) is 8.28. The standard InChI is InChI=1S/C29H46O2/c1-25(2,3)17-16-18-19(21(27(7,8)9)20(17)26(4,5)6)22(28(10,11)12)23(24(30)31-18)29(13,14)15/h16H,1-15H3. The van der Waals surface area contributed by atoms with Crippen molar-refractivity contribution >= 4 is 11.0 Å². The van der Waals surface area contributed by atoms with Crippen LogP contribution in [-0.4, -0.2) is 0 Å². The van der Waals surface area contributed by atoms with Crippen LogP contribution in [0.3, 0.4) is 0 Å². The fourth-order valence-corrected chi connectivity index (χ4v) is 4.92. The van der Waals surface area contributed by atoms with E-state index in [0.717, 1.165) is 22.1 Å². The van der Waals surface area contributed by atoms with E-state index in [4.69, 9.17) is 4.42 Å². The molecule has 2 rings (SSSR count). The van der Waals surface area contributed by atoms with E-state index in [1.54, 1.807) is 0 Å². The molecular formula is C29H46O2. The Balaban J connectivity index is 3.49. The van der Waals surface area contributed by atoms with E-state index >= 15 is 0 Å². The van der Waals surface area contributed by atoms with Gasteiger partial charge >= 0.3 is 5.63 Å². The molecular weight excluding hydrogens is 380 g/mol. The first-order valence-corrected chi connectivity index (χ1v) is 11.7. The van der Waals surface area contributed by atoms with Crippen LogP contribution >= 0.6 is 0 Å². The van der Waals surface area contributed by atoms with Crippen molar-refractivity contribution in [2.45, 2.75) is 131 Å². The van der Waals surface area contributed by atoms with Crippen LogP contribution in [0.4, 0.5) is 0 Å². The summed E-state index contributed by atoms with van der Waals surface area (Å²) in [5, 5.41) is 1.14. The number of benzene rings is 1. The average Bonchev–Trinajstić information content (AvgIpc) is 2.46. The number of hydrogen-bond acceptors (Lipinski definition) is 2. The molecule has 2 aromatic rings. The first-order valence-electron chi connectivity index (χ1n) is 11.7. The summed E-state index contributed by atoms with van der Waals surface area (Å²) < 4.78 is 6.14. The topological polar surface area (TPSA) is 30.2 Å². The van der Waals surface area contributed by atoms with Gasteiger partial charge in [0.25, 0.3) is 0 Å². The average molecular weight is 427 g/mol. The van der Waals surface area contributed by atoms with Gasteiger partial charge in [-0.2, -0.15) is 0 Å². The van der Waals surface area contributed by atoms with Crippen LogP contribution in [-0.2, 0) is 27.1 Å². The molecule has 0 aliphatic heterocycles. The second-order valence-corrected chi connectivity index (χ2v) is 14.4. The van der Waals surface area contributed by atoms with E-state index in [9.17, 15) is 4.79 Å². The minimum absolute atomic E-state index is 0.0490. The molecule has 0 bridgehead atoms. The van der Waals surface area contributed by atoms with Crippen molar-refractivity contribution in [3.63, 3.8) is 0 Å². The van der Waals surface area contributed by atoms with E-state index in [-0.39, 0.29) is 32.7 Å². The van der Waals surface area contributed by atoms with Crippen molar-refractivity contribution in [1.82, 2.24) is 0 Å². The van der Waals surface area contributed by atoms with Gasteiger partial charge in [0.2, 0.25) is 0 Å². The lowest BCUT2D eigenvalue weighted by molar-refractivity contribution is 0.465. The molecule has 2 heteroatoms. The van der Waals surface area contributed by atoms with E-state index in [1.165, 1.54) is 16.7 Å². The Morgan fingerprint density at radius 1 is 0.516 bits per heavy atom. The first-order chi connectivity index (χ1) is 13.5. The quantitative estimate of drug-likeness (QED) is 0.397. The molecule has 0 saturated heterocycles. The Morgan fingerprint density at radius 2 is 0.871 bits per heavy atom. The maximum absolute atomic E-state index is 13.4. The lowest BCUT2D eigenvalue weighted by Gasteiger charge is -2.39. The van der Waals surface area contributed by atoms with Crippen molar-refractivity contribution in [3.8, 4) is 0 Å². The first kappa shape index (κ1) is 25.7. The van der Waals surface area contributed by atoms with Crippen LogP contribution in [0.15, 0.2) is 15.3 Å². The van der Waals surface area contributed by atoms with Crippen LogP contribution in [0.25, 0.3) is 11.0 Å². The predicted molar refractivity (Wildman–Crippen MR) is 136 cm³/mol. The molecule has 0 spiro atoms. The Kier molecular flexibility index (Phi) is 5.98. The molecule has 1 aromatic carbocycles. The number of fused-ring (bicyclic) bond motifs is 1. The van der Waals surface area contributed by atoms with Gasteiger partial charge in [-0.15, -0.1) is 0 Å². The SMILES string of the molecule is CC(C)(C)c1cc2oc(=O)c(C(C)(C)C)c(C(C)(C)C)c2c(C(C)(C)C)c1C(C)(C)C. The van der Waals surface area contributed by atoms with E-state index in [0.29, 0.717) is 0 Å². The highest BCUT2D eigenvalue weighted by molar-refractivity contribution is 5.90. The monoisotopic (exact) mass is 426 g/mol. The molecule has 2 nitrogen and oxygen atoms in total. The van der Waals surface area contributed by atoms with Crippen LogP contribution in [0.5, 0.6) is 0 Å². The van der Waals surface area contributed by atoms with Gasteiger partial charge in [-0.3, -0.25) is 0 Å². The molecule has 0 unspecified atom stereocenters. The summed E-state index contributed by atoms with van der Waals surface area (Å²) in [6.45, 7) is 33.5. The fraction of sp³-hybridized carbons (Fsp3) is 0.690. The van der Waals surface area contributed by atoms with Gasteiger partial charge in [0.15, 0.2) is 0 Å². The van der Waals surface area contributed by atoms with E-state index < -0.39 is 0 Å². The normalized spacial score (nSPS) is 14.4. The smallest absolute Gasteiger partial charge is 0.340 e. The summed E-state index contributed by atoms with van der Waals surface area (Å²) in [6.07, 6.45) is 0. The highest BCUT2D eigenvalue weighted by Gasteiger charge is 2.39. The zero-order chi connectivity index (χ0) is 24.5. The van der Waals surface area contributed by atoms with E-state index in [2.05, 4.69) is 110 Å². The minimum atomic E-state index is -0.308. The molecule has 0 N–H and O–H groups in total. The van der Waals surface area contributed by atoms with Gasteiger partial charge in [0.05, 0.1) is 0 Å². The molecule has 0 radical (unpaired) electrons. The third-order valence-electron chi connectivity index (χ3n) is 6.01. The van der Waals surface area contributed by atoms with Crippen LogP contribution in [0, 0.1) is 0 Å². The zero-order valence-corrected chi connectivity index (χ0v) is 22.9. The summed E-state index contributed by atoms with van der Waals surface area (Å²) in [4.78, 5) is 13.4. The molecule has 0 saturated carbocycles. The molecule has 0 aliphatic carbocycles. The molecule has 31 heavy (non-hydrogen) atoms. The van der Waals surface area contributed by atoms with Crippen LogP contribution in [0.2, 0.25) is 0 Å². The van der Waals surface area contributed by atoms with Gasteiger partial charge in [-0.1, -0.05) is 104 Å². The minimum Gasteiger partial charge on any atom is -0.422 e. The van der Waals surface area contributed by atoms with Crippen LogP contribution in [0.1, 0.15) is 132 Å². The summed E-state index contributed by atoms with van der Waals surface area (Å²) >= 11 is 0. The summed E-state index contributed by atoms with van der Waals surface area (Å²) in [5.74, 6) is 0. The third-order valence-corrected chi connectivity index (χ3v) is 6.01. The Labute approximate surface area is 190 Å². The Hall–Kier alpha value is -1.57. The molecule has 0 amide bonds. The largest absolute Gasteiger partial charge is 0.422 e. The third kappa shape index (κ3) is 4.78. The lowest BCUT2D eigenvalue weighted by atomic mass is 9.65. The second-order valence-electron chi connectivity index (χ2n) is 14.4. The molecule has 1 heterocycles. The lowest BCUT2D eigenvalue weighted by Crippen LogP contribution is -2.33. The van der Waals surface area contributed by atoms with Gasteiger partial charge in [-0.25, -0.2) is 4.79 Å². The highest BCUT2D eigenvalue weighted by Crippen LogP contribution is 2.48. The van der Waals surface area contributed by atoms with Crippen molar-refractivity contribution in [2.24, 2.45) is 0 Å². The Bertz CT molecular complexity index is 1040. The molecule has 0 atom stereocenters. The highest BCUT2D eigenvalue weighted by atomic mass is 16.4. The fourth-order valence-electron chi connectivity index (χ4n) is 4.92. The second kappa shape index (κ2) is 7.22. The molecule has 174 valence electrons. The molecule has 0 fully saturated rings. The van der Waals surface area contributed by atoms with Gasteiger partial charge in [-0.05, 0) is 55.4 Å². The van der Waals surface area contributed by atoms with Crippen molar-refractivity contribution in [3.05, 3.63) is 44.3 Å². The maximum Gasteiger partial charge on any atom is 0.340 e. The van der Waals surface area contributed by atoms with Gasteiger partial charge in [0, 0.05) is 10.9 Å². The summed E-state index contributed by atoms with van der Waals surface area (Å²) in [5.41, 5.74) is 5.71. The van der Waals surface area contributed by atoms with Crippen molar-refractivity contribution in [2.75, 3.05) is 0 Å². The van der Waals surface area contributed by atoms with Gasteiger partial charge in [0.1, 0.15) is 5.58 Å². The zero-order valence-electron chi connectivity index (χ0n) is 22.9. The maximum atomic E-state index is 13.4. The summed E-state index contributed by atoms with van der Waals surface area (Å²) in [7, 11) is 0. The van der Waals surface area contributed by atoms with Crippen molar-refractivity contribution < 1.29 is 4.42 Å². The van der Waals surface area contributed by atoms with Crippen LogP contribution < -0.4 is 5.63 Å². The Morgan fingerprint density at radius 3 is 1.19 bits per heavy atom. The number of hydrogen-bond donors (Lipinski definition) is 0. The number of rotatable bonds is 0. The van der Waals surface area contributed by atoms with E-state index in [1.807, 2.05) is 0 Å². The molecule has 0 aliphatic rings. The molecule has 1 aromatic heterocycles. The van der Waals surface area contributed by atoms with Gasteiger partial charge < -0.3 is 4.42 Å². The van der Waals surface area contributed by atoms with Crippen molar-refractivity contribution in [1.29, 1.82) is 0 Å².